The standard InChI is InChI=1S/C30H47NO3/c1-28-12-8-24(34-19-17-31-15-4-5-16-31)20-23(28)6-7-27-26(28)9-13-29(2)25(22-11-18-33-21-22)10-14-30(27,29)32-3/h11,18,21,23-27H,4-10,12-17,19-20H2,1-3H3/t23-,24+,25-,26+,27-,28+,29-,30+/m1/s1. The van der Waals surface area contributed by atoms with Crippen LogP contribution in [0.25, 0.3) is 0 Å². The monoisotopic (exact) mass is 469 g/mol. The number of methoxy groups -OCH3 is 1. The largest absolute Gasteiger partial charge is 0.472 e. The SMILES string of the molecule is CO[C@]12CC[C@H](c3ccoc3)[C@@]1(C)CC[C@H]1[C@H]2CC[C@@H]2C[C@@H](OCCN3CCCC3)CC[C@@]21C. The summed E-state index contributed by atoms with van der Waals surface area (Å²) in [5.41, 5.74) is 2.09. The number of nitrogens with zero attached hydrogens (tertiary/aromatic N) is 1. The Kier molecular flexibility index (Phi) is 6.18. The summed E-state index contributed by atoms with van der Waals surface area (Å²) in [6, 6.07) is 2.21. The summed E-state index contributed by atoms with van der Waals surface area (Å²) in [7, 11) is 2.03. The molecule has 1 aromatic heterocycles. The number of hydrogen-bond acceptors (Lipinski definition) is 4. The molecule has 4 saturated carbocycles. The first kappa shape index (κ1) is 23.6. The Morgan fingerprint density at radius 1 is 1.00 bits per heavy atom. The van der Waals surface area contributed by atoms with E-state index in [4.69, 9.17) is 13.9 Å². The number of furan rings is 1. The number of fused-ring (bicyclic) bond motifs is 5. The molecule has 1 aliphatic heterocycles. The van der Waals surface area contributed by atoms with E-state index in [0.29, 0.717) is 23.4 Å². The van der Waals surface area contributed by atoms with E-state index in [1.54, 1.807) is 0 Å². The molecule has 6 rings (SSSR count). The molecule has 4 aliphatic carbocycles. The highest BCUT2D eigenvalue weighted by molar-refractivity contribution is 5.27. The van der Waals surface area contributed by atoms with E-state index in [2.05, 4.69) is 24.8 Å². The fraction of sp³-hybridized carbons (Fsp3) is 0.867. The molecule has 0 radical (unpaired) electrons. The lowest BCUT2D eigenvalue weighted by molar-refractivity contribution is -0.220. The normalized spacial score (nSPS) is 46.7. The molecule has 5 fully saturated rings. The van der Waals surface area contributed by atoms with Crippen LogP contribution in [0.1, 0.15) is 96.0 Å². The molecule has 0 bridgehead atoms. The molecule has 8 atom stereocenters. The maximum absolute atomic E-state index is 6.69. The minimum absolute atomic E-state index is 0.0227. The molecule has 0 spiro atoms. The molecule has 5 aliphatic rings. The molecule has 4 nitrogen and oxygen atoms in total. The molecule has 0 amide bonds. The van der Waals surface area contributed by atoms with Crippen LogP contribution in [0, 0.1) is 28.6 Å². The molecule has 1 aromatic rings. The van der Waals surface area contributed by atoms with Crippen LogP contribution in [0.2, 0.25) is 0 Å². The van der Waals surface area contributed by atoms with Crippen molar-refractivity contribution in [1.82, 2.24) is 4.90 Å². The van der Waals surface area contributed by atoms with Crippen molar-refractivity contribution in [2.24, 2.45) is 28.6 Å². The van der Waals surface area contributed by atoms with Gasteiger partial charge in [0.25, 0.3) is 0 Å². The summed E-state index contributed by atoms with van der Waals surface area (Å²) in [4.78, 5) is 2.58. The van der Waals surface area contributed by atoms with Crippen molar-refractivity contribution in [3.05, 3.63) is 24.2 Å². The Balaban J connectivity index is 1.16. The summed E-state index contributed by atoms with van der Waals surface area (Å²) in [6.45, 7) is 9.83. The molecule has 1 saturated heterocycles. The van der Waals surface area contributed by atoms with E-state index in [1.807, 2.05) is 19.6 Å². The number of ether oxygens (including phenoxy) is 2. The van der Waals surface area contributed by atoms with Gasteiger partial charge < -0.3 is 18.8 Å². The smallest absolute Gasteiger partial charge is 0.0937 e. The first-order valence-electron chi connectivity index (χ1n) is 14.4. The van der Waals surface area contributed by atoms with Crippen molar-refractivity contribution in [3.8, 4) is 0 Å². The molecule has 0 aromatic carbocycles. The number of hydrogen-bond donors (Lipinski definition) is 0. The van der Waals surface area contributed by atoms with Gasteiger partial charge in [-0.05, 0) is 124 Å². The van der Waals surface area contributed by atoms with Gasteiger partial charge in [-0.25, -0.2) is 0 Å². The van der Waals surface area contributed by atoms with Crippen LogP contribution >= 0.6 is 0 Å². The number of likely N-dealkylation sites (tertiary alicyclic amines) is 1. The summed E-state index contributed by atoms with van der Waals surface area (Å²) >= 11 is 0. The summed E-state index contributed by atoms with van der Waals surface area (Å²) in [5, 5.41) is 0. The van der Waals surface area contributed by atoms with Crippen molar-refractivity contribution in [2.45, 2.75) is 102 Å². The molecule has 190 valence electrons. The Morgan fingerprint density at radius 3 is 2.62 bits per heavy atom. The van der Waals surface area contributed by atoms with Gasteiger partial charge in [0.2, 0.25) is 0 Å². The minimum Gasteiger partial charge on any atom is -0.472 e. The second-order valence-corrected chi connectivity index (χ2v) is 13.0. The third-order valence-corrected chi connectivity index (χ3v) is 12.0. The molecular weight excluding hydrogens is 422 g/mol. The molecule has 34 heavy (non-hydrogen) atoms. The highest BCUT2D eigenvalue weighted by Crippen LogP contribution is 2.71. The summed E-state index contributed by atoms with van der Waals surface area (Å²) in [5.74, 6) is 2.89. The van der Waals surface area contributed by atoms with Crippen LogP contribution in [0.5, 0.6) is 0 Å². The van der Waals surface area contributed by atoms with E-state index in [-0.39, 0.29) is 11.0 Å². The summed E-state index contributed by atoms with van der Waals surface area (Å²) in [6.07, 6.45) is 18.8. The molecule has 2 heterocycles. The van der Waals surface area contributed by atoms with E-state index in [9.17, 15) is 0 Å². The molecule has 0 unspecified atom stereocenters. The first-order valence-corrected chi connectivity index (χ1v) is 14.4. The first-order chi connectivity index (χ1) is 16.5. The van der Waals surface area contributed by atoms with Crippen LogP contribution in [0.3, 0.4) is 0 Å². The van der Waals surface area contributed by atoms with Crippen molar-refractivity contribution >= 4 is 0 Å². The van der Waals surface area contributed by atoms with Crippen molar-refractivity contribution < 1.29 is 13.9 Å². The van der Waals surface area contributed by atoms with Crippen molar-refractivity contribution in [3.63, 3.8) is 0 Å². The highest BCUT2D eigenvalue weighted by Gasteiger charge is 2.68. The lowest BCUT2D eigenvalue weighted by Crippen LogP contribution is -2.62. The summed E-state index contributed by atoms with van der Waals surface area (Å²) < 4.78 is 18.7. The quantitative estimate of drug-likeness (QED) is 0.467. The molecule has 4 heteroatoms. The number of rotatable bonds is 6. The van der Waals surface area contributed by atoms with E-state index >= 15 is 0 Å². The van der Waals surface area contributed by atoms with Gasteiger partial charge in [-0.2, -0.15) is 0 Å². The maximum atomic E-state index is 6.69. The van der Waals surface area contributed by atoms with Gasteiger partial charge in [0.05, 0.1) is 30.8 Å². The fourth-order valence-corrected chi connectivity index (χ4v) is 10.2. The highest BCUT2D eigenvalue weighted by atomic mass is 16.5. The topological polar surface area (TPSA) is 34.8 Å². The lowest BCUT2D eigenvalue weighted by Gasteiger charge is -2.64. The van der Waals surface area contributed by atoms with Crippen LogP contribution in [0.4, 0.5) is 0 Å². The Hall–Kier alpha value is -0.840. The molecular formula is C30H47NO3. The van der Waals surface area contributed by atoms with Gasteiger partial charge in [0.1, 0.15) is 0 Å². The fourth-order valence-electron chi connectivity index (χ4n) is 10.2. The third kappa shape index (κ3) is 3.49. The predicted molar refractivity (Wildman–Crippen MR) is 135 cm³/mol. The van der Waals surface area contributed by atoms with Crippen molar-refractivity contribution in [1.29, 1.82) is 0 Å². The maximum Gasteiger partial charge on any atom is 0.0937 e. The zero-order valence-corrected chi connectivity index (χ0v) is 21.9. The third-order valence-electron chi connectivity index (χ3n) is 12.0. The Labute approximate surface area is 207 Å². The van der Waals surface area contributed by atoms with Gasteiger partial charge in [-0.1, -0.05) is 13.8 Å². The van der Waals surface area contributed by atoms with Crippen LogP contribution in [-0.2, 0) is 9.47 Å². The zero-order valence-electron chi connectivity index (χ0n) is 21.9. The van der Waals surface area contributed by atoms with Crippen LogP contribution in [0.15, 0.2) is 23.0 Å². The average molecular weight is 470 g/mol. The van der Waals surface area contributed by atoms with Gasteiger partial charge in [0, 0.05) is 19.1 Å². The zero-order chi connectivity index (χ0) is 23.4. The van der Waals surface area contributed by atoms with Gasteiger partial charge in [-0.15, -0.1) is 0 Å². The van der Waals surface area contributed by atoms with Crippen LogP contribution < -0.4 is 0 Å². The van der Waals surface area contributed by atoms with E-state index in [1.165, 1.54) is 89.3 Å². The van der Waals surface area contributed by atoms with Gasteiger partial charge >= 0.3 is 0 Å². The van der Waals surface area contributed by atoms with E-state index in [0.717, 1.165) is 25.0 Å². The van der Waals surface area contributed by atoms with Gasteiger partial charge in [0.15, 0.2) is 0 Å². The van der Waals surface area contributed by atoms with Crippen molar-refractivity contribution in [2.75, 3.05) is 33.4 Å². The van der Waals surface area contributed by atoms with Crippen LogP contribution in [-0.4, -0.2) is 50.0 Å². The predicted octanol–water partition coefficient (Wildman–Crippen LogP) is 6.66. The molecule has 0 N–H and O–H groups in total. The minimum atomic E-state index is 0.0227. The second-order valence-electron chi connectivity index (χ2n) is 13.0. The average Bonchev–Trinajstić information content (AvgIpc) is 3.59. The Bertz CT molecular complexity index is 834. The Morgan fingerprint density at radius 2 is 1.85 bits per heavy atom. The van der Waals surface area contributed by atoms with E-state index < -0.39 is 0 Å². The second kappa shape index (κ2) is 8.92. The lowest BCUT2D eigenvalue weighted by atomic mass is 9.43. The van der Waals surface area contributed by atoms with Gasteiger partial charge in [-0.3, -0.25) is 0 Å².